The molecule has 1 saturated carbocycles. The molecule has 1 aliphatic carbocycles. The van der Waals surface area contributed by atoms with Crippen LogP contribution < -0.4 is 16.1 Å². The first kappa shape index (κ1) is 30.1. The number of ether oxygens (including phenoxy) is 2. The Morgan fingerprint density at radius 3 is 2.25 bits per heavy atom. The Balaban J connectivity index is 1.29. The fraction of sp³-hybridized carbons (Fsp3) is 0.484. The minimum absolute atomic E-state index is 0.0166. The van der Waals surface area contributed by atoms with E-state index >= 15 is 0 Å². The standard InChI is InChI=1S/C31H41N3O5S/c1-20(39-31(2,3)4)28(30(36)38-25-7-5-6-8-25)33-19-22-11-9-21(10-12-22)17-32-18-23-13-14-24-16-27(29(35)34-37)40-26(24)15-23/h9-16,20,25,28,32-33,37H,5-8,17-19H2,1-4H3,(H,34,35)/t20-,28?/m0/s1. The zero-order valence-electron chi connectivity index (χ0n) is 23.8. The molecular formula is C31H41N3O5S. The number of hydrogen-bond donors (Lipinski definition) is 4. The third-order valence-corrected chi connectivity index (χ3v) is 8.06. The van der Waals surface area contributed by atoms with Gasteiger partial charge in [-0.25, -0.2) is 5.48 Å². The fourth-order valence-electron chi connectivity index (χ4n) is 5.02. The second-order valence-electron chi connectivity index (χ2n) is 11.5. The highest BCUT2D eigenvalue weighted by molar-refractivity contribution is 7.20. The van der Waals surface area contributed by atoms with Crippen molar-refractivity contribution in [1.29, 1.82) is 0 Å². The summed E-state index contributed by atoms with van der Waals surface area (Å²) >= 11 is 1.35. The van der Waals surface area contributed by atoms with E-state index in [1.807, 2.05) is 39.8 Å². The molecule has 4 rings (SSSR count). The van der Waals surface area contributed by atoms with Gasteiger partial charge in [-0.05, 0) is 87.6 Å². The molecule has 8 nitrogen and oxygen atoms in total. The van der Waals surface area contributed by atoms with Crippen LogP contribution in [0.5, 0.6) is 0 Å². The molecule has 1 heterocycles. The predicted octanol–water partition coefficient (Wildman–Crippen LogP) is 5.46. The summed E-state index contributed by atoms with van der Waals surface area (Å²) < 4.78 is 12.9. The number of thiophene rings is 1. The predicted molar refractivity (Wildman–Crippen MR) is 157 cm³/mol. The van der Waals surface area contributed by atoms with E-state index in [4.69, 9.17) is 14.7 Å². The Kier molecular flexibility index (Phi) is 10.3. The van der Waals surface area contributed by atoms with E-state index in [2.05, 4.69) is 41.0 Å². The summed E-state index contributed by atoms with van der Waals surface area (Å²) in [6, 6.07) is 15.6. The van der Waals surface area contributed by atoms with Crippen LogP contribution in [0.15, 0.2) is 48.5 Å². The van der Waals surface area contributed by atoms with Crippen LogP contribution in [-0.4, -0.2) is 40.9 Å². The number of carbonyl (C=O) groups excluding carboxylic acids is 2. The molecule has 40 heavy (non-hydrogen) atoms. The largest absolute Gasteiger partial charge is 0.461 e. The van der Waals surface area contributed by atoms with Crippen LogP contribution in [0.2, 0.25) is 0 Å². The lowest BCUT2D eigenvalue weighted by Crippen LogP contribution is -2.49. The average molecular weight is 568 g/mol. The van der Waals surface area contributed by atoms with Crippen LogP contribution in [-0.2, 0) is 33.9 Å². The van der Waals surface area contributed by atoms with Crippen molar-refractivity contribution in [2.75, 3.05) is 0 Å². The summed E-state index contributed by atoms with van der Waals surface area (Å²) in [6.45, 7) is 9.83. The molecule has 0 saturated heterocycles. The molecule has 1 unspecified atom stereocenters. The summed E-state index contributed by atoms with van der Waals surface area (Å²) in [5, 5.41) is 16.7. The third kappa shape index (κ3) is 8.59. The number of nitrogens with one attached hydrogen (secondary N) is 3. The Bertz CT molecular complexity index is 1280. The first-order valence-corrected chi connectivity index (χ1v) is 14.8. The number of carbonyl (C=O) groups is 2. The van der Waals surface area contributed by atoms with Gasteiger partial charge in [0.15, 0.2) is 0 Å². The highest BCUT2D eigenvalue weighted by Crippen LogP contribution is 2.27. The van der Waals surface area contributed by atoms with Crippen LogP contribution >= 0.6 is 11.3 Å². The van der Waals surface area contributed by atoms with E-state index in [9.17, 15) is 9.59 Å². The van der Waals surface area contributed by atoms with Gasteiger partial charge in [-0.2, -0.15) is 0 Å². The van der Waals surface area contributed by atoms with E-state index in [0.29, 0.717) is 24.5 Å². The van der Waals surface area contributed by atoms with Crippen LogP contribution in [0, 0.1) is 0 Å². The van der Waals surface area contributed by atoms with Crippen LogP contribution in [0.25, 0.3) is 10.1 Å². The Hall–Kier alpha value is -2.82. The minimum Gasteiger partial charge on any atom is -0.461 e. The third-order valence-electron chi connectivity index (χ3n) is 6.96. The molecule has 4 N–H and O–H groups in total. The van der Waals surface area contributed by atoms with Crippen LogP contribution in [0.4, 0.5) is 0 Å². The molecular weight excluding hydrogens is 526 g/mol. The molecule has 2 atom stereocenters. The number of rotatable bonds is 12. The summed E-state index contributed by atoms with van der Waals surface area (Å²) in [5.41, 5.74) is 4.68. The van der Waals surface area contributed by atoms with Gasteiger partial charge in [0.05, 0.1) is 16.6 Å². The van der Waals surface area contributed by atoms with Crippen LogP contribution in [0.1, 0.15) is 79.7 Å². The highest BCUT2D eigenvalue weighted by Gasteiger charge is 2.32. The number of amides is 1. The first-order valence-electron chi connectivity index (χ1n) is 14.0. The Labute approximate surface area is 240 Å². The maximum atomic E-state index is 13.1. The van der Waals surface area contributed by atoms with Gasteiger partial charge < -0.3 is 14.8 Å². The lowest BCUT2D eigenvalue weighted by molar-refractivity contribution is -0.159. The smallest absolute Gasteiger partial charge is 0.326 e. The number of benzene rings is 2. The number of esters is 1. The summed E-state index contributed by atoms with van der Waals surface area (Å²) in [6.07, 6.45) is 3.79. The van der Waals surface area contributed by atoms with Gasteiger partial charge in [-0.15, -0.1) is 11.3 Å². The molecule has 0 radical (unpaired) electrons. The zero-order chi connectivity index (χ0) is 28.7. The molecule has 3 aromatic rings. The van der Waals surface area contributed by atoms with Gasteiger partial charge in [0, 0.05) is 24.3 Å². The molecule has 0 spiro atoms. The van der Waals surface area contributed by atoms with E-state index in [1.54, 1.807) is 11.5 Å². The Morgan fingerprint density at radius 2 is 1.60 bits per heavy atom. The quantitative estimate of drug-likeness (QED) is 0.131. The second-order valence-corrected chi connectivity index (χ2v) is 12.6. The average Bonchev–Trinajstić information content (AvgIpc) is 3.58. The van der Waals surface area contributed by atoms with Crippen molar-refractivity contribution in [3.05, 3.63) is 70.1 Å². The molecule has 1 fully saturated rings. The van der Waals surface area contributed by atoms with Gasteiger partial charge in [0.25, 0.3) is 5.91 Å². The molecule has 1 aromatic heterocycles. The minimum atomic E-state index is -0.545. The number of hydroxylamine groups is 1. The van der Waals surface area contributed by atoms with E-state index in [-0.39, 0.29) is 23.8 Å². The molecule has 2 aromatic carbocycles. The number of fused-ring (bicyclic) bond motifs is 1. The first-order chi connectivity index (χ1) is 19.1. The molecule has 0 bridgehead atoms. The molecule has 216 valence electrons. The monoisotopic (exact) mass is 567 g/mol. The lowest BCUT2D eigenvalue weighted by Gasteiger charge is -2.31. The normalized spacial score (nSPS) is 15.7. The lowest BCUT2D eigenvalue weighted by atomic mass is 10.1. The van der Waals surface area contributed by atoms with E-state index in [1.165, 1.54) is 11.3 Å². The summed E-state index contributed by atoms with van der Waals surface area (Å²) in [5.74, 6) is -0.732. The molecule has 9 heteroatoms. The van der Waals surface area contributed by atoms with Gasteiger partial charge in [0.2, 0.25) is 0 Å². The van der Waals surface area contributed by atoms with Gasteiger partial charge in [0.1, 0.15) is 12.1 Å². The van der Waals surface area contributed by atoms with Crippen molar-refractivity contribution >= 4 is 33.3 Å². The molecule has 1 amide bonds. The van der Waals surface area contributed by atoms with Crippen LogP contribution in [0.3, 0.4) is 0 Å². The fourth-order valence-corrected chi connectivity index (χ4v) is 6.03. The summed E-state index contributed by atoms with van der Waals surface area (Å²) in [4.78, 5) is 25.2. The van der Waals surface area contributed by atoms with E-state index in [0.717, 1.165) is 52.5 Å². The molecule has 1 aliphatic rings. The van der Waals surface area contributed by atoms with Gasteiger partial charge in [-0.1, -0.05) is 36.4 Å². The van der Waals surface area contributed by atoms with Gasteiger partial charge in [-0.3, -0.25) is 20.1 Å². The second kappa shape index (κ2) is 13.7. The van der Waals surface area contributed by atoms with Crippen molar-refractivity contribution in [3.8, 4) is 0 Å². The van der Waals surface area contributed by atoms with Crippen molar-refractivity contribution in [1.82, 2.24) is 16.1 Å². The summed E-state index contributed by atoms with van der Waals surface area (Å²) in [7, 11) is 0. The van der Waals surface area contributed by atoms with Crippen molar-refractivity contribution in [3.63, 3.8) is 0 Å². The maximum Gasteiger partial charge on any atom is 0.326 e. The molecule has 0 aliphatic heterocycles. The zero-order valence-corrected chi connectivity index (χ0v) is 24.6. The SMILES string of the molecule is C[C@H](OC(C)(C)C)C(NCc1ccc(CNCc2ccc3cc(C(=O)NO)sc3c2)cc1)C(=O)OC1CCCC1. The Morgan fingerprint density at radius 1 is 0.975 bits per heavy atom. The topological polar surface area (TPSA) is 109 Å². The van der Waals surface area contributed by atoms with Crippen molar-refractivity contribution in [2.45, 2.75) is 96.9 Å². The van der Waals surface area contributed by atoms with E-state index < -0.39 is 11.9 Å². The van der Waals surface area contributed by atoms with Crippen molar-refractivity contribution in [2.24, 2.45) is 0 Å². The van der Waals surface area contributed by atoms with Crippen molar-refractivity contribution < 1.29 is 24.3 Å². The van der Waals surface area contributed by atoms with Gasteiger partial charge >= 0.3 is 5.97 Å². The number of hydrogen-bond acceptors (Lipinski definition) is 8. The highest BCUT2D eigenvalue weighted by atomic mass is 32.1. The maximum absolute atomic E-state index is 13.1.